The van der Waals surface area contributed by atoms with Gasteiger partial charge in [-0.25, -0.2) is 4.39 Å². The highest BCUT2D eigenvalue weighted by atomic mass is 19.1. The summed E-state index contributed by atoms with van der Waals surface area (Å²) in [4.78, 5) is 26.7. The van der Waals surface area contributed by atoms with Gasteiger partial charge >= 0.3 is 11.8 Å². The van der Waals surface area contributed by atoms with Crippen LogP contribution in [0, 0.1) is 5.82 Å². The lowest BCUT2D eigenvalue weighted by atomic mass is 10.2. The van der Waals surface area contributed by atoms with Gasteiger partial charge in [0.05, 0.1) is 6.61 Å². The number of likely N-dealkylation sites (N-methyl/N-ethyl adjacent to an activating group) is 1. The summed E-state index contributed by atoms with van der Waals surface area (Å²) in [7, 11) is 0. The van der Waals surface area contributed by atoms with Gasteiger partial charge in [-0.3, -0.25) is 9.59 Å². The largest absolute Gasteiger partial charge is 0.494 e. The first-order valence-electron chi connectivity index (χ1n) is 7.08. The molecule has 1 fully saturated rings. The first kappa shape index (κ1) is 15.3. The Bertz CT molecular complexity index is 504. The Balaban J connectivity index is 1.72. The van der Waals surface area contributed by atoms with E-state index in [1.54, 1.807) is 21.9 Å². The molecule has 0 saturated carbocycles. The number of amides is 2. The van der Waals surface area contributed by atoms with Crippen LogP contribution < -0.4 is 4.74 Å². The number of ether oxygens (including phenoxy) is 1. The van der Waals surface area contributed by atoms with Crippen molar-refractivity contribution < 1.29 is 18.7 Å². The van der Waals surface area contributed by atoms with Crippen molar-refractivity contribution in [3.05, 3.63) is 30.1 Å². The lowest BCUT2D eigenvalue weighted by Crippen LogP contribution is -2.54. The summed E-state index contributed by atoms with van der Waals surface area (Å²) in [6.07, 6.45) is 0.628. The Morgan fingerprint density at radius 2 is 1.71 bits per heavy atom. The number of carbonyl (C=O) groups is 2. The smallest absolute Gasteiger partial charge is 0.312 e. The van der Waals surface area contributed by atoms with Gasteiger partial charge in [0.2, 0.25) is 0 Å². The second-order valence-corrected chi connectivity index (χ2v) is 4.83. The van der Waals surface area contributed by atoms with Crippen LogP contribution >= 0.6 is 0 Å². The SMILES string of the molecule is CCN1CCN(CCCOc2ccc(F)cc2)C(=O)C1=O. The van der Waals surface area contributed by atoms with Crippen molar-refractivity contribution in [2.75, 3.05) is 32.8 Å². The Kier molecular flexibility index (Phi) is 5.14. The van der Waals surface area contributed by atoms with Crippen LogP contribution in [-0.2, 0) is 9.59 Å². The molecular weight excluding hydrogens is 275 g/mol. The Hall–Kier alpha value is -2.11. The standard InChI is InChI=1S/C15H19FN2O3/c1-2-17-9-10-18(15(20)14(17)19)8-3-11-21-13-6-4-12(16)5-7-13/h4-7H,2-3,8-11H2,1H3. The van der Waals surface area contributed by atoms with E-state index in [4.69, 9.17) is 4.74 Å². The molecule has 1 saturated heterocycles. The second-order valence-electron chi connectivity index (χ2n) is 4.83. The van der Waals surface area contributed by atoms with E-state index < -0.39 is 11.8 Å². The zero-order chi connectivity index (χ0) is 15.2. The van der Waals surface area contributed by atoms with Crippen molar-refractivity contribution in [2.45, 2.75) is 13.3 Å². The predicted molar refractivity (Wildman–Crippen MR) is 75.3 cm³/mol. The van der Waals surface area contributed by atoms with Crippen molar-refractivity contribution in [2.24, 2.45) is 0 Å². The third-order valence-electron chi connectivity index (χ3n) is 3.43. The van der Waals surface area contributed by atoms with E-state index in [1.165, 1.54) is 12.1 Å². The lowest BCUT2D eigenvalue weighted by molar-refractivity contribution is -0.155. The highest BCUT2D eigenvalue weighted by Gasteiger charge is 2.30. The number of piperazine rings is 1. The maximum atomic E-state index is 12.7. The highest BCUT2D eigenvalue weighted by molar-refractivity contribution is 6.35. The number of halogens is 1. The van der Waals surface area contributed by atoms with Gasteiger partial charge in [0.15, 0.2) is 0 Å². The molecule has 1 aliphatic rings. The van der Waals surface area contributed by atoms with Crippen molar-refractivity contribution >= 4 is 11.8 Å². The third-order valence-corrected chi connectivity index (χ3v) is 3.43. The van der Waals surface area contributed by atoms with E-state index in [2.05, 4.69) is 0 Å². The van der Waals surface area contributed by atoms with Crippen LogP contribution in [-0.4, -0.2) is 54.4 Å². The summed E-state index contributed by atoms with van der Waals surface area (Å²) in [6, 6.07) is 5.79. The van der Waals surface area contributed by atoms with Gasteiger partial charge < -0.3 is 14.5 Å². The molecule has 5 nitrogen and oxygen atoms in total. The molecule has 2 rings (SSSR count). The lowest BCUT2D eigenvalue weighted by Gasteiger charge is -2.33. The molecule has 1 heterocycles. The first-order chi connectivity index (χ1) is 10.1. The average molecular weight is 294 g/mol. The molecule has 0 bridgehead atoms. The monoisotopic (exact) mass is 294 g/mol. The molecule has 1 aromatic rings. The minimum atomic E-state index is -0.440. The van der Waals surface area contributed by atoms with Crippen molar-refractivity contribution in [3.63, 3.8) is 0 Å². The third kappa shape index (κ3) is 3.93. The molecule has 0 N–H and O–H groups in total. The summed E-state index contributed by atoms with van der Waals surface area (Å²) in [6.45, 7) is 4.47. The fraction of sp³-hybridized carbons (Fsp3) is 0.467. The fourth-order valence-electron chi connectivity index (χ4n) is 2.21. The van der Waals surface area contributed by atoms with Gasteiger partial charge in [0, 0.05) is 26.2 Å². The van der Waals surface area contributed by atoms with E-state index in [0.29, 0.717) is 45.0 Å². The van der Waals surface area contributed by atoms with E-state index in [9.17, 15) is 14.0 Å². The predicted octanol–water partition coefficient (Wildman–Crippen LogP) is 1.29. The molecule has 0 radical (unpaired) electrons. The van der Waals surface area contributed by atoms with E-state index in [-0.39, 0.29) is 5.82 Å². The van der Waals surface area contributed by atoms with Crippen LogP contribution in [0.25, 0.3) is 0 Å². The topological polar surface area (TPSA) is 49.9 Å². The number of carbonyl (C=O) groups excluding carboxylic acids is 2. The molecule has 0 unspecified atom stereocenters. The summed E-state index contributed by atoms with van der Waals surface area (Å²) < 4.78 is 18.2. The van der Waals surface area contributed by atoms with Gasteiger partial charge in [-0.2, -0.15) is 0 Å². The minimum absolute atomic E-state index is 0.305. The van der Waals surface area contributed by atoms with Gasteiger partial charge in [0.25, 0.3) is 0 Å². The van der Waals surface area contributed by atoms with E-state index in [1.807, 2.05) is 6.92 Å². The molecule has 6 heteroatoms. The van der Waals surface area contributed by atoms with Crippen molar-refractivity contribution in [3.8, 4) is 5.75 Å². The number of hydrogen-bond donors (Lipinski definition) is 0. The summed E-state index contributed by atoms with van der Waals surface area (Å²) in [5, 5.41) is 0. The van der Waals surface area contributed by atoms with Crippen molar-refractivity contribution in [1.29, 1.82) is 0 Å². The second kappa shape index (κ2) is 7.06. The normalized spacial score (nSPS) is 15.5. The van der Waals surface area contributed by atoms with E-state index in [0.717, 1.165) is 0 Å². The molecule has 21 heavy (non-hydrogen) atoms. The maximum absolute atomic E-state index is 12.7. The molecule has 1 aliphatic heterocycles. The summed E-state index contributed by atoms with van der Waals surface area (Å²) >= 11 is 0. The Morgan fingerprint density at radius 1 is 1.10 bits per heavy atom. The fourth-order valence-corrected chi connectivity index (χ4v) is 2.21. The molecule has 0 atom stereocenters. The Morgan fingerprint density at radius 3 is 2.38 bits per heavy atom. The van der Waals surface area contributed by atoms with Gasteiger partial charge in [-0.1, -0.05) is 0 Å². The molecule has 2 amide bonds. The highest BCUT2D eigenvalue weighted by Crippen LogP contribution is 2.11. The van der Waals surface area contributed by atoms with Crippen LogP contribution in [0.2, 0.25) is 0 Å². The Labute approximate surface area is 123 Å². The summed E-state index contributed by atoms with van der Waals surface area (Å²) in [5.74, 6) is -0.581. The van der Waals surface area contributed by atoms with Crippen LogP contribution in [0.4, 0.5) is 4.39 Å². The first-order valence-corrected chi connectivity index (χ1v) is 7.08. The number of nitrogens with zero attached hydrogens (tertiary/aromatic N) is 2. The zero-order valence-electron chi connectivity index (χ0n) is 12.0. The number of rotatable bonds is 6. The zero-order valence-corrected chi connectivity index (χ0v) is 12.0. The van der Waals surface area contributed by atoms with Crippen LogP contribution in [0.3, 0.4) is 0 Å². The van der Waals surface area contributed by atoms with Gasteiger partial charge in [0.1, 0.15) is 11.6 Å². The number of benzene rings is 1. The van der Waals surface area contributed by atoms with Gasteiger partial charge in [-0.05, 0) is 37.6 Å². The maximum Gasteiger partial charge on any atom is 0.312 e. The van der Waals surface area contributed by atoms with Crippen LogP contribution in [0.1, 0.15) is 13.3 Å². The van der Waals surface area contributed by atoms with Crippen LogP contribution in [0.15, 0.2) is 24.3 Å². The minimum Gasteiger partial charge on any atom is -0.494 e. The molecule has 0 aromatic heterocycles. The summed E-state index contributed by atoms with van der Waals surface area (Å²) in [5.41, 5.74) is 0. The quantitative estimate of drug-likeness (QED) is 0.587. The van der Waals surface area contributed by atoms with Crippen LogP contribution in [0.5, 0.6) is 5.75 Å². The molecule has 0 spiro atoms. The van der Waals surface area contributed by atoms with Crippen molar-refractivity contribution in [1.82, 2.24) is 9.80 Å². The molecule has 0 aliphatic carbocycles. The molecule has 114 valence electrons. The molecule has 1 aromatic carbocycles. The van der Waals surface area contributed by atoms with E-state index >= 15 is 0 Å². The average Bonchev–Trinajstić information content (AvgIpc) is 2.49. The molecular formula is C15H19FN2O3. The number of hydrogen-bond acceptors (Lipinski definition) is 3. The van der Waals surface area contributed by atoms with Gasteiger partial charge in [-0.15, -0.1) is 0 Å².